The van der Waals surface area contributed by atoms with Crippen LogP contribution < -0.4 is 0 Å². The number of phenolic OH excluding ortho intramolecular Hbond substituents is 2. The minimum atomic E-state index is -1.39. The Kier molecular flexibility index (Phi) is 16.0. The summed E-state index contributed by atoms with van der Waals surface area (Å²) in [6.07, 6.45) is 0. The van der Waals surface area contributed by atoms with Crippen molar-refractivity contribution in [2.75, 3.05) is 0 Å². The van der Waals surface area contributed by atoms with Crippen molar-refractivity contribution in [1.82, 2.24) is 0 Å². The standard InChI is InChI=1S/C8H7NO5.C8H8O2.C7H5NO5.C7H6O3.CH4/c1-4-2-5(8(11)12)7(10)6(3-4)9(13)14;1-6-2-4-7(5-3-6)8(9)10;9-6-2-1-4(7(10)11)3-5(6)8(12)13;8-6-3-1-2-5(4-6)7(9)10;/h2-3,10H,1H3,(H,11,12);2-5H,1H3,(H,9,10);1-3,9H,(H,10,11);1-4,8H,(H,9,10);1H4. The van der Waals surface area contributed by atoms with Gasteiger partial charge < -0.3 is 35.7 Å². The number of nitrogens with zero attached hydrogens (tertiary/aromatic N) is 2. The van der Waals surface area contributed by atoms with Crippen LogP contribution in [0.3, 0.4) is 0 Å². The van der Waals surface area contributed by atoms with Gasteiger partial charge in [0.2, 0.25) is 5.75 Å². The smallest absolute Gasteiger partial charge is 0.339 e. The molecule has 254 valence electrons. The largest absolute Gasteiger partial charge is 0.508 e. The van der Waals surface area contributed by atoms with E-state index in [9.17, 15) is 44.5 Å². The highest BCUT2D eigenvalue weighted by Crippen LogP contribution is 2.31. The zero-order chi connectivity index (χ0) is 36.0. The van der Waals surface area contributed by atoms with Gasteiger partial charge in [-0.05, 0) is 67.9 Å². The van der Waals surface area contributed by atoms with Crippen LogP contribution in [-0.4, -0.2) is 69.5 Å². The lowest BCUT2D eigenvalue weighted by atomic mass is 10.1. The number of benzene rings is 4. The quantitative estimate of drug-likeness (QED) is 0.0952. The van der Waals surface area contributed by atoms with Gasteiger partial charge in [-0.25, -0.2) is 19.2 Å². The van der Waals surface area contributed by atoms with Crippen molar-refractivity contribution in [3.8, 4) is 17.2 Å². The molecule has 0 aliphatic heterocycles. The van der Waals surface area contributed by atoms with Gasteiger partial charge in [-0.2, -0.15) is 0 Å². The van der Waals surface area contributed by atoms with Gasteiger partial charge in [0.1, 0.15) is 11.3 Å². The van der Waals surface area contributed by atoms with Crippen molar-refractivity contribution in [2.45, 2.75) is 21.3 Å². The first-order valence-electron chi connectivity index (χ1n) is 12.6. The molecule has 0 amide bonds. The number of aromatic hydroxyl groups is 3. The van der Waals surface area contributed by atoms with E-state index in [0.717, 1.165) is 29.8 Å². The highest BCUT2D eigenvalue weighted by Gasteiger charge is 2.21. The van der Waals surface area contributed by atoms with Gasteiger partial charge in [0, 0.05) is 12.1 Å². The van der Waals surface area contributed by atoms with E-state index in [0.29, 0.717) is 11.1 Å². The Morgan fingerprint density at radius 2 is 1.04 bits per heavy atom. The van der Waals surface area contributed by atoms with E-state index >= 15 is 0 Å². The highest BCUT2D eigenvalue weighted by atomic mass is 16.6. The van der Waals surface area contributed by atoms with Gasteiger partial charge in [0.25, 0.3) is 0 Å². The van der Waals surface area contributed by atoms with E-state index in [4.69, 9.17) is 30.6 Å². The topological polar surface area (TPSA) is 296 Å². The van der Waals surface area contributed by atoms with E-state index in [-0.39, 0.29) is 24.3 Å². The molecule has 4 aromatic rings. The third kappa shape index (κ3) is 12.9. The number of carboxylic acid groups (broad SMARTS) is 4. The fraction of sp³-hybridized carbons (Fsp3) is 0.0968. The molecule has 48 heavy (non-hydrogen) atoms. The van der Waals surface area contributed by atoms with Gasteiger partial charge >= 0.3 is 35.3 Å². The summed E-state index contributed by atoms with van der Waals surface area (Å²) in [6.45, 7) is 3.44. The Morgan fingerprint density at radius 3 is 1.46 bits per heavy atom. The number of carbonyl (C=O) groups is 4. The molecule has 0 radical (unpaired) electrons. The average Bonchev–Trinajstić information content (AvgIpc) is 2.99. The molecule has 0 aliphatic rings. The molecule has 0 saturated heterocycles. The molecule has 0 saturated carbocycles. The zero-order valence-corrected chi connectivity index (χ0v) is 24.3. The minimum absolute atomic E-state index is 0. The maximum Gasteiger partial charge on any atom is 0.339 e. The lowest BCUT2D eigenvalue weighted by Crippen LogP contribution is -2.00. The van der Waals surface area contributed by atoms with Crippen molar-refractivity contribution in [3.05, 3.63) is 132 Å². The van der Waals surface area contributed by atoms with E-state index in [1.807, 2.05) is 6.92 Å². The summed E-state index contributed by atoms with van der Waals surface area (Å²) in [6, 6.07) is 17.4. The number of phenols is 3. The van der Waals surface area contributed by atoms with Crippen LogP contribution in [0.15, 0.2) is 78.9 Å². The second-order valence-electron chi connectivity index (χ2n) is 9.03. The third-order valence-corrected chi connectivity index (χ3v) is 5.47. The number of rotatable bonds is 6. The molecule has 0 spiro atoms. The van der Waals surface area contributed by atoms with Crippen molar-refractivity contribution >= 4 is 35.3 Å². The van der Waals surface area contributed by atoms with Crippen LogP contribution in [0.5, 0.6) is 17.2 Å². The molecule has 4 aromatic carbocycles. The van der Waals surface area contributed by atoms with Crippen LogP contribution in [0.4, 0.5) is 11.4 Å². The zero-order valence-electron chi connectivity index (χ0n) is 24.3. The Labute approximate surface area is 271 Å². The van der Waals surface area contributed by atoms with Gasteiger partial charge in [-0.1, -0.05) is 31.2 Å². The first-order valence-corrected chi connectivity index (χ1v) is 12.6. The summed E-state index contributed by atoms with van der Waals surface area (Å²) in [4.78, 5) is 60.5. The second kappa shape index (κ2) is 18.7. The molecule has 0 fully saturated rings. The van der Waals surface area contributed by atoms with E-state index in [1.165, 1.54) is 37.3 Å². The summed E-state index contributed by atoms with van der Waals surface area (Å²) in [5.74, 6) is -5.96. The maximum atomic E-state index is 10.6. The fourth-order valence-corrected chi connectivity index (χ4v) is 3.20. The Balaban J connectivity index is 0.000000615. The molecule has 0 unspecified atom stereocenters. The summed E-state index contributed by atoms with van der Waals surface area (Å²) in [5.41, 5.74) is 0.0194. The average molecular weight is 671 g/mol. The molecule has 17 heteroatoms. The van der Waals surface area contributed by atoms with Crippen LogP contribution in [-0.2, 0) is 0 Å². The van der Waals surface area contributed by atoms with Crippen LogP contribution in [0, 0.1) is 34.1 Å². The first kappa shape index (κ1) is 41.0. The van der Waals surface area contributed by atoms with Crippen LogP contribution in [0.2, 0.25) is 0 Å². The van der Waals surface area contributed by atoms with Gasteiger partial charge in [-0.15, -0.1) is 0 Å². The number of hydrogen-bond donors (Lipinski definition) is 7. The predicted molar refractivity (Wildman–Crippen MR) is 168 cm³/mol. The predicted octanol–water partition coefficient (Wildman–Crippen LogP) is 5.73. The third-order valence-electron chi connectivity index (χ3n) is 5.47. The maximum absolute atomic E-state index is 10.6. The van der Waals surface area contributed by atoms with Crippen LogP contribution in [0.1, 0.15) is 60.0 Å². The van der Waals surface area contributed by atoms with Crippen LogP contribution in [0.25, 0.3) is 0 Å². The van der Waals surface area contributed by atoms with E-state index in [2.05, 4.69) is 0 Å². The molecular weight excluding hydrogens is 640 g/mol. The van der Waals surface area contributed by atoms with Gasteiger partial charge in [0.15, 0.2) is 5.75 Å². The summed E-state index contributed by atoms with van der Waals surface area (Å²) in [7, 11) is 0. The molecule has 4 rings (SSSR count). The minimum Gasteiger partial charge on any atom is -0.508 e. The number of nitro groups is 2. The van der Waals surface area contributed by atoms with Gasteiger partial charge in [0.05, 0.1) is 26.5 Å². The van der Waals surface area contributed by atoms with Crippen molar-refractivity contribution in [3.63, 3.8) is 0 Å². The monoisotopic (exact) mass is 670 g/mol. The van der Waals surface area contributed by atoms with Crippen molar-refractivity contribution in [1.29, 1.82) is 0 Å². The lowest BCUT2D eigenvalue weighted by Gasteiger charge is -2.01. The van der Waals surface area contributed by atoms with Gasteiger partial charge in [-0.3, -0.25) is 20.2 Å². The molecular formula is C31H30N2O15. The second-order valence-corrected chi connectivity index (χ2v) is 9.03. The summed E-state index contributed by atoms with van der Waals surface area (Å²) < 4.78 is 0. The Bertz CT molecular complexity index is 1770. The SMILES string of the molecule is C.Cc1cc(C(=O)O)c(O)c([N+](=O)[O-])c1.Cc1ccc(C(=O)O)cc1.O=C(O)c1ccc(O)c([N+](=O)[O-])c1.O=C(O)c1cccc(O)c1. The first-order chi connectivity index (χ1) is 21.8. The highest BCUT2D eigenvalue weighted by molar-refractivity contribution is 5.92. The molecule has 7 N–H and O–H groups in total. The Hall–Kier alpha value is -7.04. The molecule has 0 aromatic heterocycles. The lowest BCUT2D eigenvalue weighted by molar-refractivity contribution is -0.386. The number of carboxylic acids is 4. The van der Waals surface area contributed by atoms with Crippen LogP contribution >= 0.6 is 0 Å². The molecule has 0 atom stereocenters. The molecule has 17 nitrogen and oxygen atoms in total. The van der Waals surface area contributed by atoms with Crippen molar-refractivity contribution < 1.29 is 64.8 Å². The number of nitro benzene ring substituents is 2. The number of aryl methyl sites for hydroxylation is 2. The summed E-state index contributed by atoms with van der Waals surface area (Å²) >= 11 is 0. The van der Waals surface area contributed by atoms with Crippen molar-refractivity contribution in [2.24, 2.45) is 0 Å². The van der Waals surface area contributed by atoms with E-state index < -0.39 is 62.2 Å². The number of aromatic carboxylic acids is 4. The number of hydrogen-bond acceptors (Lipinski definition) is 11. The molecule has 0 bridgehead atoms. The van der Waals surface area contributed by atoms with E-state index in [1.54, 1.807) is 24.3 Å². The fourth-order valence-electron chi connectivity index (χ4n) is 3.20. The normalized spacial score (nSPS) is 9.29. The Morgan fingerprint density at radius 1 is 0.562 bits per heavy atom. The molecule has 0 aliphatic carbocycles. The molecule has 0 heterocycles. The summed E-state index contributed by atoms with van der Waals surface area (Å²) in [5, 5.41) is 81.6.